The van der Waals surface area contributed by atoms with Crippen molar-refractivity contribution in [3.05, 3.63) is 71.8 Å². The van der Waals surface area contributed by atoms with E-state index in [0.717, 1.165) is 11.1 Å². The van der Waals surface area contributed by atoms with E-state index in [0.29, 0.717) is 26.1 Å². The van der Waals surface area contributed by atoms with Gasteiger partial charge in [0, 0.05) is 12.8 Å². The fraction of sp³-hybridized carbons (Fsp3) is 0.480. The van der Waals surface area contributed by atoms with Crippen molar-refractivity contribution < 1.29 is 28.8 Å². The number of carbonyl (C=O) groups is 1. The van der Waals surface area contributed by atoms with Crippen molar-refractivity contribution >= 4 is 5.97 Å². The van der Waals surface area contributed by atoms with Gasteiger partial charge in [0.15, 0.2) is 6.29 Å². The summed E-state index contributed by atoms with van der Waals surface area (Å²) in [6.45, 7) is 4.79. The highest BCUT2D eigenvalue weighted by Gasteiger charge is 2.38. The van der Waals surface area contributed by atoms with Crippen molar-refractivity contribution in [3.63, 3.8) is 0 Å². The molecule has 3 rings (SSSR count). The quantitative estimate of drug-likeness (QED) is 0.565. The molecule has 1 aliphatic heterocycles. The zero-order valence-electron chi connectivity index (χ0n) is 18.2. The van der Waals surface area contributed by atoms with E-state index in [1.165, 1.54) is 0 Å². The Kier molecular flexibility index (Phi) is 9.03. The summed E-state index contributed by atoms with van der Waals surface area (Å²) in [6.07, 6.45) is -0.324. The van der Waals surface area contributed by atoms with Crippen LogP contribution >= 0.6 is 0 Å². The van der Waals surface area contributed by atoms with Gasteiger partial charge in [0.1, 0.15) is 6.10 Å². The van der Waals surface area contributed by atoms with Crippen LogP contribution in [-0.2, 0) is 37.0 Å². The smallest absolute Gasteiger partial charge is 0.303 e. The number of hydrogen-bond acceptors (Lipinski definition) is 5. The van der Waals surface area contributed by atoms with Crippen LogP contribution < -0.4 is 0 Å². The van der Waals surface area contributed by atoms with Crippen LogP contribution in [0.5, 0.6) is 0 Å². The van der Waals surface area contributed by atoms with Crippen molar-refractivity contribution in [2.45, 2.75) is 77.0 Å². The monoisotopic (exact) mass is 428 g/mol. The maximum atomic E-state index is 10.9. The van der Waals surface area contributed by atoms with E-state index in [1.807, 2.05) is 74.5 Å². The minimum Gasteiger partial charge on any atom is -0.481 e. The number of rotatable bonds is 11. The second-order valence-corrected chi connectivity index (χ2v) is 7.99. The number of benzene rings is 2. The Bertz CT molecular complexity index is 781. The Hall–Kier alpha value is -2.25. The number of aliphatic carboxylic acids is 1. The Labute approximate surface area is 184 Å². The van der Waals surface area contributed by atoms with Crippen LogP contribution in [0.1, 0.15) is 44.2 Å². The summed E-state index contributed by atoms with van der Waals surface area (Å²) in [4.78, 5) is 10.9. The zero-order valence-corrected chi connectivity index (χ0v) is 18.2. The van der Waals surface area contributed by atoms with Gasteiger partial charge in [-0.05, 0) is 31.4 Å². The summed E-state index contributed by atoms with van der Waals surface area (Å²) >= 11 is 0. The number of carboxylic acids is 1. The third kappa shape index (κ3) is 7.74. The molecule has 168 valence electrons. The molecule has 6 nitrogen and oxygen atoms in total. The van der Waals surface area contributed by atoms with Crippen molar-refractivity contribution in [2.75, 3.05) is 0 Å². The van der Waals surface area contributed by atoms with Gasteiger partial charge in [0.05, 0.1) is 31.5 Å². The molecule has 1 N–H and O–H groups in total. The molecule has 1 saturated heterocycles. The third-order valence-electron chi connectivity index (χ3n) is 5.39. The Balaban J connectivity index is 1.61. The lowest BCUT2D eigenvalue weighted by molar-refractivity contribution is -0.290. The van der Waals surface area contributed by atoms with Crippen LogP contribution in [0.15, 0.2) is 60.7 Å². The number of carboxylic acid groups (broad SMARTS) is 1. The molecular weight excluding hydrogens is 396 g/mol. The molecule has 0 spiro atoms. The molecule has 0 saturated carbocycles. The first-order valence-corrected chi connectivity index (χ1v) is 10.8. The van der Waals surface area contributed by atoms with E-state index in [4.69, 9.17) is 24.1 Å². The van der Waals surface area contributed by atoms with Crippen molar-refractivity contribution in [1.82, 2.24) is 0 Å². The molecule has 0 bridgehead atoms. The van der Waals surface area contributed by atoms with Gasteiger partial charge in [-0.1, -0.05) is 60.7 Å². The average Bonchev–Trinajstić information content (AvgIpc) is 2.78. The molecule has 1 fully saturated rings. The molecule has 0 aliphatic carbocycles. The molecule has 5 atom stereocenters. The number of hydrogen-bond donors (Lipinski definition) is 1. The molecule has 0 unspecified atom stereocenters. The van der Waals surface area contributed by atoms with Crippen LogP contribution in [0.3, 0.4) is 0 Å². The van der Waals surface area contributed by atoms with Gasteiger partial charge in [-0.15, -0.1) is 0 Å². The summed E-state index contributed by atoms with van der Waals surface area (Å²) in [7, 11) is 0. The second kappa shape index (κ2) is 12.0. The van der Waals surface area contributed by atoms with Crippen molar-refractivity contribution in [1.29, 1.82) is 0 Å². The second-order valence-electron chi connectivity index (χ2n) is 7.99. The average molecular weight is 429 g/mol. The lowest BCUT2D eigenvalue weighted by Gasteiger charge is -2.40. The third-order valence-corrected chi connectivity index (χ3v) is 5.39. The van der Waals surface area contributed by atoms with Gasteiger partial charge in [0.2, 0.25) is 0 Å². The molecule has 2 aromatic carbocycles. The summed E-state index contributed by atoms with van der Waals surface area (Å²) < 4.78 is 24.6. The largest absolute Gasteiger partial charge is 0.481 e. The molecule has 6 heteroatoms. The predicted molar refractivity (Wildman–Crippen MR) is 116 cm³/mol. The maximum Gasteiger partial charge on any atom is 0.303 e. The molecule has 0 amide bonds. The SMILES string of the molecule is C[C@H](CCC(=O)O)O[C@@H]1O[C@@H](C)[C@H](OCc2ccccc2)C[C@H]1OCc1ccccc1. The maximum absolute atomic E-state index is 10.9. The first-order chi connectivity index (χ1) is 15.0. The first-order valence-electron chi connectivity index (χ1n) is 10.8. The molecule has 2 aromatic rings. The zero-order chi connectivity index (χ0) is 22.1. The fourth-order valence-electron chi connectivity index (χ4n) is 3.57. The molecule has 1 heterocycles. The minimum atomic E-state index is -0.834. The predicted octanol–water partition coefficient (Wildman–Crippen LogP) is 4.56. The van der Waals surface area contributed by atoms with Gasteiger partial charge in [0.25, 0.3) is 0 Å². The van der Waals surface area contributed by atoms with E-state index in [2.05, 4.69) is 0 Å². The summed E-state index contributed by atoms with van der Waals surface area (Å²) in [5.41, 5.74) is 2.18. The van der Waals surface area contributed by atoms with E-state index in [1.54, 1.807) is 0 Å². The van der Waals surface area contributed by atoms with E-state index in [-0.39, 0.29) is 30.8 Å². The Morgan fingerprint density at radius 2 is 1.55 bits per heavy atom. The lowest BCUT2D eigenvalue weighted by atomic mass is 10.0. The standard InChI is InChI=1S/C25H32O6/c1-18(13-14-24(26)27)30-25-23(29-17-21-11-7-4-8-12-21)15-22(19(2)31-25)28-16-20-9-5-3-6-10-20/h3-12,18-19,22-23,25H,13-17H2,1-2H3,(H,26,27)/t18-,19+,22-,23-,25-/m1/s1. The number of ether oxygens (including phenoxy) is 4. The van der Waals surface area contributed by atoms with Crippen molar-refractivity contribution in [2.24, 2.45) is 0 Å². The Morgan fingerprint density at radius 1 is 1.00 bits per heavy atom. The highest BCUT2D eigenvalue weighted by atomic mass is 16.7. The minimum absolute atomic E-state index is 0.0573. The van der Waals surface area contributed by atoms with Crippen LogP contribution in [0.25, 0.3) is 0 Å². The van der Waals surface area contributed by atoms with E-state index in [9.17, 15) is 4.79 Å². The topological polar surface area (TPSA) is 74.2 Å². The summed E-state index contributed by atoms with van der Waals surface area (Å²) in [5.74, 6) is -0.834. The Morgan fingerprint density at radius 3 is 2.10 bits per heavy atom. The molecule has 0 radical (unpaired) electrons. The molecule has 0 aromatic heterocycles. The highest BCUT2D eigenvalue weighted by Crippen LogP contribution is 2.28. The van der Waals surface area contributed by atoms with Gasteiger partial charge in [-0.2, -0.15) is 0 Å². The van der Waals surface area contributed by atoms with E-state index >= 15 is 0 Å². The summed E-state index contributed by atoms with van der Waals surface area (Å²) in [5, 5.41) is 8.93. The first kappa shape index (κ1) is 23.4. The van der Waals surface area contributed by atoms with Gasteiger partial charge < -0.3 is 24.1 Å². The van der Waals surface area contributed by atoms with Gasteiger partial charge >= 0.3 is 5.97 Å². The van der Waals surface area contributed by atoms with Crippen LogP contribution in [0.2, 0.25) is 0 Å². The summed E-state index contributed by atoms with van der Waals surface area (Å²) in [6, 6.07) is 20.0. The normalized spacial score (nSPS) is 24.6. The van der Waals surface area contributed by atoms with Gasteiger partial charge in [-0.3, -0.25) is 4.79 Å². The van der Waals surface area contributed by atoms with Crippen LogP contribution in [-0.4, -0.2) is 41.8 Å². The van der Waals surface area contributed by atoms with Crippen LogP contribution in [0, 0.1) is 0 Å². The highest BCUT2D eigenvalue weighted by molar-refractivity contribution is 5.66. The van der Waals surface area contributed by atoms with E-state index < -0.39 is 12.3 Å². The van der Waals surface area contributed by atoms with Crippen molar-refractivity contribution in [3.8, 4) is 0 Å². The lowest BCUT2D eigenvalue weighted by Crippen LogP contribution is -2.50. The fourth-order valence-corrected chi connectivity index (χ4v) is 3.57. The molecule has 31 heavy (non-hydrogen) atoms. The van der Waals surface area contributed by atoms with Crippen LogP contribution in [0.4, 0.5) is 0 Å². The van der Waals surface area contributed by atoms with Gasteiger partial charge in [-0.25, -0.2) is 0 Å². The molecule has 1 aliphatic rings. The molecular formula is C25H32O6.